The smallest absolute Gasteiger partial charge is 0.336 e. The third kappa shape index (κ3) is 4.21. The molecule has 1 aromatic heterocycles. The van der Waals surface area contributed by atoms with Gasteiger partial charge in [-0.05, 0) is 58.7 Å². The van der Waals surface area contributed by atoms with Crippen LogP contribution in [0.25, 0.3) is 21.7 Å². The van der Waals surface area contributed by atoms with E-state index < -0.39 is 0 Å². The highest BCUT2D eigenvalue weighted by Gasteiger charge is 2.05. The Kier molecular flexibility index (Phi) is 5.34. The molecule has 0 amide bonds. The van der Waals surface area contributed by atoms with Gasteiger partial charge in [-0.1, -0.05) is 54.6 Å². The van der Waals surface area contributed by atoms with Crippen molar-refractivity contribution >= 4 is 21.7 Å². The van der Waals surface area contributed by atoms with E-state index in [9.17, 15) is 4.79 Å². The predicted molar refractivity (Wildman–Crippen MR) is 126 cm³/mol. The molecule has 0 atom stereocenters. The van der Waals surface area contributed by atoms with Crippen LogP contribution in [-0.4, -0.2) is 0 Å². The van der Waals surface area contributed by atoms with E-state index in [2.05, 4.69) is 30.3 Å². The van der Waals surface area contributed by atoms with Crippen molar-refractivity contribution in [3.05, 3.63) is 118 Å². The second kappa shape index (κ2) is 8.60. The number of benzene rings is 4. The van der Waals surface area contributed by atoms with Crippen molar-refractivity contribution in [3.8, 4) is 11.5 Å². The van der Waals surface area contributed by atoms with Crippen molar-refractivity contribution in [1.82, 2.24) is 0 Å². The van der Waals surface area contributed by atoms with Crippen molar-refractivity contribution < 1.29 is 13.9 Å². The summed E-state index contributed by atoms with van der Waals surface area (Å²) in [4.78, 5) is 11.6. The Balaban J connectivity index is 1.23. The van der Waals surface area contributed by atoms with Crippen LogP contribution in [0, 0.1) is 6.92 Å². The van der Waals surface area contributed by atoms with Gasteiger partial charge in [-0.15, -0.1) is 0 Å². The molecule has 0 aliphatic rings. The number of aryl methyl sites for hydroxylation is 1. The zero-order chi connectivity index (χ0) is 21.9. The zero-order valence-corrected chi connectivity index (χ0v) is 17.7. The number of hydrogen-bond acceptors (Lipinski definition) is 4. The molecule has 4 aromatic carbocycles. The lowest BCUT2D eigenvalue weighted by atomic mass is 10.1. The Morgan fingerprint density at radius 1 is 0.719 bits per heavy atom. The van der Waals surface area contributed by atoms with Crippen LogP contribution in [0.5, 0.6) is 11.5 Å². The first-order valence-corrected chi connectivity index (χ1v) is 10.5. The maximum absolute atomic E-state index is 11.6. The third-order valence-corrected chi connectivity index (χ3v) is 5.53. The highest BCUT2D eigenvalue weighted by atomic mass is 16.5. The second-order valence-corrected chi connectivity index (χ2v) is 7.77. The van der Waals surface area contributed by atoms with Gasteiger partial charge in [-0.25, -0.2) is 4.79 Å². The zero-order valence-electron chi connectivity index (χ0n) is 17.7. The summed E-state index contributed by atoms with van der Waals surface area (Å²) in [6.45, 7) is 2.81. The van der Waals surface area contributed by atoms with Crippen molar-refractivity contribution in [1.29, 1.82) is 0 Å². The first kappa shape index (κ1) is 19.9. The summed E-state index contributed by atoms with van der Waals surface area (Å²) < 4.78 is 17.2. The molecule has 4 heteroatoms. The van der Waals surface area contributed by atoms with Crippen LogP contribution in [0.3, 0.4) is 0 Å². The largest absolute Gasteiger partial charge is 0.489 e. The van der Waals surface area contributed by atoms with Crippen LogP contribution < -0.4 is 15.1 Å². The lowest BCUT2D eigenvalue weighted by molar-refractivity contribution is 0.301. The average molecular weight is 422 g/mol. The fourth-order valence-electron chi connectivity index (χ4n) is 3.82. The molecule has 0 saturated heterocycles. The van der Waals surface area contributed by atoms with Crippen LogP contribution in [0.4, 0.5) is 0 Å². The van der Waals surface area contributed by atoms with E-state index in [0.29, 0.717) is 24.5 Å². The lowest BCUT2D eigenvalue weighted by Gasteiger charge is -2.11. The van der Waals surface area contributed by atoms with Gasteiger partial charge in [0, 0.05) is 17.5 Å². The molecule has 0 aliphatic heterocycles. The molecule has 0 radical (unpaired) electrons. The molecule has 0 spiro atoms. The molecule has 0 fully saturated rings. The van der Waals surface area contributed by atoms with E-state index in [1.807, 2.05) is 55.5 Å². The molecule has 0 bridgehead atoms. The van der Waals surface area contributed by atoms with Crippen LogP contribution in [0.15, 0.2) is 100 Å². The summed E-state index contributed by atoms with van der Waals surface area (Å²) >= 11 is 0. The monoisotopic (exact) mass is 422 g/mol. The summed E-state index contributed by atoms with van der Waals surface area (Å²) in [6.07, 6.45) is 0. The molecule has 32 heavy (non-hydrogen) atoms. The maximum atomic E-state index is 11.6. The minimum Gasteiger partial charge on any atom is -0.489 e. The van der Waals surface area contributed by atoms with Gasteiger partial charge in [0.1, 0.15) is 30.3 Å². The summed E-state index contributed by atoms with van der Waals surface area (Å²) in [6, 6.07) is 29.5. The molecule has 0 saturated carbocycles. The predicted octanol–water partition coefficient (Wildman–Crippen LogP) is 6.41. The van der Waals surface area contributed by atoms with Gasteiger partial charge in [-0.2, -0.15) is 0 Å². The quantitative estimate of drug-likeness (QED) is 0.297. The minimum absolute atomic E-state index is 0.355. The van der Waals surface area contributed by atoms with E-state index >= 15 is 0 Å². The van der Waals surface area contributed by atoms with Gasteiger partial charge >= 0.3 is 5.63 Å². The summed E-state index contributed by atoms with van der Waals surface area (Å²) in [5.74, 6) is 1.46. The summed E-state index contributed by atoms with van der Waals surface area (Å²) in [5, 5.41) is 3.33. The first-order chi connectivity index (χ1) is 15.7. The van der Waals surface area contributed by atoms with Gasteiger partial charge in [0.15, 0.2) is 0 Å². The minimum atomic E-state index is -0.355. The average Bonchev–Trinajstić information content (AvgIpc) is 2.81. The van der Waals surface area contributed by atoms with Gasteiger partial charge in [0.2, 0.25) is 0 Å². The molecule has 0 N–H and O–H groups in total. The van der Waals surface area contributed by atoms with Crippen molar-refractivity contribution in [2.75, 3.05) is 0 Å². The molecule has 0 unspecified atom stereocenters. The molecular weight excluding hydrogens is 400 g/mol. The van der Waals surface area contributed by atoms with Crippen molar-refractivity contribution in [2.24, 2.45) is 0 Å². The number of ether oxygens (including phenoxy) is 2. The number of hydrogen-bond donors (Lipinski definition) is 0. The van der Waals surface area contributed by atoms with Gasteiger partial charge in [-0.3, -0.25) is 0 Å². The molecule has 1 heterocycles. The molecule has 4 nitrogen and oxygen atoms in total. The van der Waals surface area contributed by atoms with E-state index in [4.69, 9.17) is 13.9 Å². The fourth-order valence-corrected chi connectivity index (χ4v) is 3.82. The highest BCUT2D eigenvalue weighted by Crippen LogP contribution is 2.24. The summed E-state index contributed by atoms with van der Waals surface area (Å²) in [7, 11) is 0. The van der Waals surface area contributed by atoms with Gasteiger partial charge in [0.05, 0.1) is 0 Å². The van der Waals surface area contributed by atoms with Crippen LogP contribution >= 0.6 is 0 Å². The standard InChI is InChI=1S/C28H22O4/c1-19-15-28(29)32-27-16-24(13-14-25(19)27)30-17-20-9-11-23(12-10-20)31-18-22-7-4-6-21-5-2-3-8-26(21)22/h2-16H,17-18H2,1H3. The van der Waals surface area contributed by atoms with Gasteiger partial charge < -0.3 is 13.9 Å². The SMILES string of the molecule is Cc1cc(=O)oc2cc(OCc3ccc(OCc4cccc5ccccc45)cc3)ccc12. The Morgan fingerprint density at radius 3 is 2.34 bits per heavy atom. The van der Waals surface area contributed by atoms with Crippen molar-refractivity contribution in [3.63, 3.8) is 0 Å². The molecule has 5 aromatic rings. The van der Waals surface area contributed by atoms with E-state index in [1.165, 1.54) is 16.8 Å². The summed E-state index contributed by atoms with van der Waals surface area (Å²) in [5.41, 5.74) is 3.25. The third-order valence-electron chi connectivity index (χ3n) is 5.53. The molecule has 5 rings (SSSR count). The Hall–Kier alpha value is -4.05. The van der Waals surface area contributed by atoms with E-state index in [1.54, 1.807) is 6.07 Å². The van der Waals surface area contributed by atoms with Crippen LogP contribution in [0.1, 0.15) is 16.7 Å². The lowest BCUT2D eigenvalue weighted by Crippen LogP contribution is -1.99. The van der Waals surface area contributed by atoms with E-state index in [-0.39, 0.29) is 5.63 Å². The number of fused-ring (bicyclic) bond motifs is 2. The van der Waals surface area contributed by atoms with Crippen LogP contribution in [0.2, 0.25) is 0 Å². The van der Waals surface area contributed by atoms with Crippen molar-refractivity contribution in [2.45, 2.75) is 20.1 Å². The van der Waals surface area contributed by atoms with E-state index in [0.717, 1.165) is 27.8 Å². The Bertz CT molecular complexity index is 1440. The Labute approximate surface area is 185 Å². The highest BCUT2D eigenvalue weighted by molar-refractivity contribution is 5.85. The fraction of sp³-hybridized carbons (Fsp3) is 0.107. The molecule has 158 valence electrons. The Morgan fingerprint density at radius 2 is 1.47 bits per heavy atom. The molecular formula is C28H22O4. The normalized spacial score (nSPS) is 11.0. The van der Waals surface area contributed by atoms with Crippen LogP contribution in [-0.2, 0) is 13.2 Å². The topological polar surface area (TPSA) is 48.7 Å². The molecule has 0 aliphatic carbocycles. The first-order valence-electron chi connectivity index (χ1n) is 10.5. The maximum Gasteiger partial charge on any atom is 0.336 e. The van der Waals surface area contributed by atoms with Gasteiger partial charge in [0.25, 0.3) is 0 Å². The number of rotatable bonds is 6. The second-order valence-electron chi connectivity index (χ2n) is 7.77.